The second kappa shape index (κ2) is 35.7. The van der Waals surface area contributed by atoms with Gasteiger partial charge in [-0.05, 0) is 69.2 Å². The molecule has 2 aliphatic rings. The van der Waals surface area contributed by atoms with Crippen molar-refractivity contribution in [3.8, 4) is 18.1 Å². The molecule has 5 rings (SSSR count). The van der Waals surface area contributed by atoms with Crippen molar-refractivity contribution < 1.29 is 19.7 Å². The fourth-order valence-corrected chi connectivity index (χ4v) is 6.93. The van der Waals surface area contributed by atoms with Crippen LogP contribution in [0.15, 0.2) is 48.7 Å². The summed E-state index contributed by atoms with van der Waals surface area (Å²) in [7, 11) is 1.00. The summed E-state index contributed by atoms with van der Waals surface area (Å²) < 4.78 is 5.76. The summed E-state index contributed by atoms with van der Waals surface area (Å²) in [6, 6.07) is 15.5. The number of piperazine rings is 1. The van der Waals surface area contributed by atoms with Gasteiger partial charge < -0.3 is 24.6 Å². The Morgan fingerprint density at radius 1 is 0.842 bits per heavy atom. The number of aliphatic hydroxyl groups is 2. The lowest BCUT2D eigenvalue weighted by Crippen LogP contribution is -2.53. The summed E-state index contributed by atoms with van der Waals surface area (Å²) in [6.45, 7) is 33.6. The van der Waals surface area contributed by atoms with Gasteiger partial charge >= 0.3 is 0 Å². The molecule has 0 amide bonds. The van der Waals surface area contributed by atoms with E-state index < -0.39 is 0 Å². The minimum atomic E-state index is 0.262. The molecular formula is C49H84N4O4. The number of ether oxygens (including phenoxy) is 1. The minimum Gasteiger partial charge on any atom is -0.494 e. The molecule has 1 unspecified atom stereocenters. The molecule has 3 aromatic rings. The normalized spacial score (nSPS) is 14.5. The summed E-state index contributed by atoms with van der Waals surface area (Å²) in [5.74, 6) is 5.42. The first-order valence-corrected chi connectivity index (χ1v) is 21.8. The summed E-state index contributed by atoms with van der Waals surface area (Å²) in [6.07, 6.45) is 15.8. The number of aryl methyl sites for hydroxylation is 2. The number of aromatic nitrogens is 1. The number of benzene rings is 2. The van der Waals surface area contributed by atoms with Crippen LogP contribution >= 0.6 is 0 Å². The molecule has 0 spiro atoms. The zero-order valence-corrected chi connectivity index (χ0v) is 38.4. The van der Waals surface area contributed by atoms with Gasteiger partial charge in [0.1, 0.15) is 12.5 Å². The molecule has 8 nitrogen and oxygen atoms in total. The second-order valence-corrected chi connectivity index (χ2v) is 14.2. The number of anilines is 1. The summed E-state index contributed by atoms with van der Waals surface area (Å²) in [5.41, 5.74) is 6.05. The van der Waals surface area contributed by atoms with Crippen LogP contribution < -0.4 is 9.64 Å². The van der Waals surface area contributed by atoms with Crippen molar-refractivity contribution in [3.63, 3.8) is 0 Å². The largest absolute Gasteiger partial charge is 0.494 e. The van der Waals surface area contributed by atoms with Crippen molar-refractivity contribution in [2.75, 3.05) is 71.0 Å². The second-order valence-electron chi connectivity index (χ2n) is 14.2. The molecule has 1 atom stereocenters. The van der Waals surface area contributed by atoms with E-state index >= 15 is 0 Å². The molecule has 3 heterocycles. The van der Waals surface area contributed by atoms with Crippen molar-refractivity contribution in [2.45, 2.75) is 127 Å². The highest BCUT2D eigenvalue weighted by atomic mass is 16.5. The van der Waals surface area contributed by atoms with Gasteiger partial charge in [0, 0.05) is 82.5 Å². The van der Waals surface area contributed by atoms with Crippen LogP contribution in [0.4, 0.5) is 5.69 Å². The fraction of sp³-hybridized carbons (Fsp3) is 0.633. The van der Waals surface area contributed by atoms with E-state index in [0.29, 0.717) is 12.5 Å². The molecule has 0 bridgehead atoms. The van der Waals surface area contributed by atoms with E-state index in [9.17, 15) is 0 Å². The van der Waals surface area contributed by atoms with Gasteiger partial charge in [-0.1, -0.05) is 111 Å². The Labute approximate surface area is 350 Å². The first kappa shape index (κ1) is 55.6. The van der Waals surface area contributed by atoms with Gasteiger partial charge in [0.2, 0.25) is 0 Å². The Morgan fingerprint density at radius 2 is 1.42 bits per heavy atom. The topological polar surface area (TPSA) is 89.4 Å². The SMILES string of the molecule is C#CCc1cnc2ccc(C)cc2c1N1CCC(N2CCN(CCO)CC2)CC1.C=O.CC.CC.CC.CO.Cc1ccc(OCCC(C)CCCC(C)C)cc1. The number of β-amino-alcohol motifs (C(OH)–C–C–N with tert-alkyl or cyclic N) is 1. The molecule has 0 radical (unpaired) electrons. The summed E-state index contributed by atoms with van der Waals surface area (Å²) >= 11 is 0. The van der Waals surface area contributed by atoms with E-state index in [4.69, 9.17) is 26.2 Å². The van der Waals surface area contributed by atoms with Crippen LogP contribution in [0.1, 0.15) is 118 Å². The number of hydrogen-bond donors (Lipinski definition) is 2. The van der Waals surface area contributed by atoms with Crippen molar-refractivity contribution in [2.24, 2.45) is 11.8 Å². The predicted molar refractivity (Wildman–Crippen MR) is 248 cm³/mol. The van der Waals surface area contributed by atoms with Crippen LogP contribution in [0, 0.1) is 38.0 Å². The predicted octanol–water partition coefficient (Wildman–Crippen LogP) is 10.0. The Kier molecular flexibility index (Phi) is 34.8. The summed E-state index contributed by atoms with van der Waals surface area (Å²) in [4.78, 5) is 20.2. The molecule has 0 saturated carbocycles. The Balaban J connectivity index is 0. The lowest BCUT2D eigenvalue weighted by atomic mass is 9.98. The van der Waals surface area contributed by atoms with Crippen LogP contribution in [0.2, 0.25) is 0 Å². The zero-order chi connectivity index (χ0) is 43.6. The molecule has 1 aromatic heterocycles. The van der Waals surface area contributed by atoms with Crippen LogP contribution in [-0.2, 0) is 11.2 Å². The van der Waals surface area contributed by atoms with Gasteiger partial charge in [-0.15, -0.1) is 12.3 Å². The minimum absolute atomic E-state index is 0.262. The number of hydrogen-bond acceptors (Lipinski definition) is 8. The van der Waals surface area contributed by atoms with E-state index in [1.165, 1.54) is 59.9 Å². The van der Waals surface area contributed by atoms with Crippen LogP contribution in [0.3, 0.4) is 0 Å². The third-order valence-corrected chi connectivity index (χ3v) is 9.86. The maximum atomic E-state index is 9.15. The standard InChI is InChI=1S/C24H32N4O.C17H28O.3C2H6.CH4O.CH2O/c1-3-4-20-18-25-23-6-5-19(2)17-22(23)24(20)28-9-7-21(8-10-28)27-13-11-26(12-14-27)15-16-29;1-14(2)6-5-7-15(3)12-13-18-17-10-8-16(4)9-11-17;5*1-2/h1,5-6,17-18,21,29H,4,7-16H2,2H3;8-11,14-15H,5-7,12-13H2,1-4H3;3*1-2H3;2H,1H3;1H2. The average molecular weight is 793 g/mol. The number of fused-ring (bicyclic) bond motifs is 1. The number of carbonyl (C=O) groups excluding carboxylic acids is 1. The molecule has 2 fully saturated rings. The molecule has 324 valence electrons. The molecule has 57 heavy (non-hydrogen) atoms. The van der Waals surface area contributed by atoms with E-state index in [1.807, 2.05) is 54.5 Å². The monoisotopic (exact) mass is 793 g/mol. The molecule has 2 saturated heterocycles. The lowest BCUT2D eigenvalue weighted by Gasteiger charge is -2.43. The van der Waals surface area contributed by atoms with Crippen molar-refractivity contribution in [1.29, 1.82) is 0 Å². The van der Waals surface area contributed by atoms with Gasteiger partial charge in [-0.25, -0.2) is 0 Å². The van der Waals surface area contributed by atoms with Crippen molar-refractivity contribution in [3.05, 3.63) is 65.4 Å². The number of terminal acetylenes is 1. The van der Waals surface area contributed by atoms with Crippen molar-refractivity contribution in [1.82, 2.24) is 14.8 Å². The Hall–Kier alpha value is -3.48. The first-order valence-electron chi connectivity index (χ1n) is 21.8. The number of nitrogens with zero attached hydrogens (tertiary/aromatic N) is 4. The average Bonchev–Trinajstić information content (AvgIpc) is 3.26. The number of rotatable bonds is 13. The Morgan fingerprint density at radius 3 is 1.96 bits per heavy atom. The maximum Gasteiger partial charge on any atom is 0.119 e. The quantitative estimate of drug-likeness (QED) is 0.166. The van der Waals surface area contributed by atoms with E-state index in [-0.39, 0.29) is 6.61 Å². The molecule has 2 aromatic carbocycles. The fourth-order valence-electron chi connectivity index (χ4n) is 6.93. The maximum absolute atomic E-state index is 9.15. The van der Waals surface area contributed by atoms with Gasteiger partial charge in [0.15, 0.2) is 0 Å². The highest BCUT2D eigenvalue weighted by Gasteiger charge is 2.28. The van der Waals surface area contributed by atoms with E-state index in [2.05, 4.69) is 103 Å². The molecular weight excluding hydrogens is 709 g/mol. The highest BCUT2D eigenvalue weighted by Crippen LogP contribution is 2.33. The zero-order valence-electron chi connectivity index (χ0n) is 38.4. The molecule has 0 aliphatic carbocycles. The van der Waals surface area contributed by atoms with Crippen molar-refractivity contribution >= 4 is 23.4 Å². The first-order chi connectivity index (χ1) is 27.8. The molecule has 2 aliphatic heterocycles. The number of carbonyl (C=O) groups is 1. The highest BCUT2D eigenvalue weighted by molar-refractivity contribution is 5.94. The van der Waals surface area contributed by atoms with Gasteiger partial charge in [0.25, 0.3) is 0 Å². The third-order valence-electron chi connectivity index (χ3n) is 9.86. The van der Waals surface area contributed by atoms with Gasteiger partial charge in [-0.2, -0.15) is 0 Å². The smallest absolute Gasteiger partial charge is 0.119 e. The summed E-state index contributed by atoms with van der Waals surface area (Å²) in [5, 5.41) is 17.4. The third kappa shape index (κ3) is 21.7. The van der Waals surface area contributed by atoms with Crippen LogP contribution in [-0.4, -0.2) is 104 Å². The van der Waals surface area contributed by atoms with Crippen LogP contribution in [0.25, 0.3) is 10.9 Å². The lowest BCUT2D eigenvalue weighted by molar-refractivity contribution is -0.0980. The Bertz CT molecular complexity index is 1410. The van der Waals surface area contributed by atoms with Gasteiger partial charge in [-0.3, -0.25) is 14.8 Å². The number of pyridine rings is 1. The number of piperidine rings is 1. The van der Waals surface area contributed by atoms with Gasteiger partial charge in [0.05, 0.1) is 24.4 Å². The molecule has 2 N–H and O–H groups in total. The molecule has 8 heteroatoms. The van der Waals surface area contributed by atoms with Crippen LogP contribution in [0.5, 0.6) is 5.75 Å². The van der Waals surface area contributed by atoms with E-state index in [0.717, 1.165) is 89.1 Å². The number of aliphatic hydroxyl groups excluding tert-OH is 2. The van der Waals surface area contributed by atoms with E-state index in [1.54, 1.807) is 0 Å².